The number of rotatable bonds is 6. The Hall–Kier alpha value is -1.51. The highest BCUT2D eigenvalue weighted by Crippen LogP contribution is 2.35. The quantitative estimate of drug-likeness (QED) is 0.775. The normalized spacial score (nSPS) is 18.6. The molecule has 0 aliphatic carbocycles. The van der Waals surface area contributed by atoms with E-state index in [-0.39, 0.29) is 43.3 Å². The Morgan fingerprint density at radius 2 is 2.08 bits per heavy atom. The maximum absolute atomic E-state index is 12.9. The highest BCUT2D eigenvalue weighted by Gasteiger charge is 2.34. The van der Waals surface area contributed by atoms with Crippen LogP contribution in [-0.4, -0.2) is 54.8 Å². The molecule has 26 heavy (non-hydrogen) atoms. The summed E-state index contributed by atoms with van der Waals surface area (Å²) in [6, 6.07) is 4.57. The SMILES string of the molecule is CN(CC(O)COc1ccccc1C(F)(F)F)C(=O)C1CCCCN1.Cl. The number of hydrogen-bond donors (Lipinski definition) is 2. The average Bonchev–Trinajstić information content (AvgIpc) is 2.59. The summed E-state index contributed by atoms with van der Waals surface area (Å²) in [6.07, 6.45) is -2.87. The van der Waals surface area contributed by atoms with Crippen molar-refractivity contribution in [2.75, 3.05) is 26.7 Å². The first-order valence-electron chi connectivity index (χ1n) is 8.24. The molecule has 2 unspecified atom stereocenters. The number of para-hydroxylation sites is 1. The van der Waals surface area contributed by atoms with Gasteiger partial charge in [-0.25, -0.2) is 0 Å². The molecule has 2 rings (SSSR count). The Morgan fingerprint density at radius 1 is 1.38 bits per heavy atom. The zero-order valence-corrected chi connectivity index (χ0v) is 15.3. The van der Waals surface area contributed by atoms with Crippen LogP contribution >= 0.6 is 12.4 Å². The summed E-state index contributed by atoms with van der Waals surface area (Å²) in [4.78, 5) is 13.6. The van der Waals surface area contributed by atoms with Crippen LogP contribution in [0.5, 0.6) is 5.75 Å². The molecule has 148 valence electrons. The van der Waals surface area contributed by atoms with Crippen molar-refractivity contribution in [2.24, 2.45) is 0 Å². The second-order valence-corrected chi connectivity index (χ2v) is 6.18. The summed E-state index contributed by atoms with van der Waals surface area (Å²) in [6.45, 7) is 0.443. The number of alkyl halides is 3. The van der Waals surface area contributed by atoms with Gasteiger partial charge in [-0.05, 0) is 31.5 Å². The molecule has 1 saturated heterocycles. The first kappa shape index (κ1) is 22.5. The summed E-state index contributed by atoms with van der Waals surface area (Å²) in [5.74, 6) is -0.466. The highest BCUT2D eigenvalue weighted by molar-refractivity contribution is 5.85. The fourth-order valence-corrected chi connectivity index (χ4v) is 2.80. The Kier molecular flexibility index (Phi) is 8.66. The molecular formula is C17H24ClF3N2O3. The van der Waals surface area contributed by atoms with Crippen LogP contribution < -0.4 is 10.1 Å². The summed E-state index contributed by atoms with van der Waals surface area (Å²) in [7, 11) is 1.56. The molecule has 9 heteroatoms. The van der Waals surface area contributed by atoms with Crippen molar-refractivity contribution in [2.45, 2.75) is 37.6 Å². The molecule has 1 fully saturated rings. The number of ether oxygens (including phenoxy) is 1. The molecule has 1 heterocycles. The predicted molar refractivity (Wildman–Crippen MR) is 93.5 cm³/mol. The van der Waals surface area contributed by atoms with Crippen LogP contribution in [0.4, 0.5) is 13.2 Å². The Bertz CT molecular complexity index is 581. The van der Waals surface area contributed by atoms with E-state index in [2.05, 4.69) is 5.32 Å². The van der Waals surface area contributed by atoms with Crippen molar-refractivity contribution in [3.63, 3.8) is 0 Å². The minimum absolute atomic E-state index is 0. The molecular weight excluding hydrogens is 373 g/mol. The average molecular weight is 397 g/mol. The molecule has 0 spiro atoms. The Balaban J connectivity index is 0.00000338. The van der Waals surface area contributed by atoms with Crippen LogP contribution in [0.2, 0.25) is 0 Å². The van der Waals surface area contributed by atoms with Crippen LogP contribution in [-0.2, 0) is 11.0 Å². The number of aliphatic hydroxyl groups excluding tert-OH is 1. The third-order valence-corrected chi connectivity index (χ3v) is 4.09. The first-order chi connectivity index (χ1) is 11.8. The number of nitrogens with zero attached hydrogens (tertiary/aromatic N) is 1. The maximum atomic E-state index is 12.9. The largest absolute Gasteiger partial charge is 0.490 e. The number of piperidine rings is 1. The van der Waals surface area contributed by atoms with E-state index < -0.39 is 17.8 Å². The van der Waals surface area contributed by atoms with E-state index >= 15 is 0 Å². The fraction of sp³-hybridized carbons (Fsp3) is 0.588. The van der Waals surface area contributed by atoms with E-state index in [0.29, 0.717) is 0 Å². The molecule has 0 bridgehead atoms. The van der Waals surface area contributed by atoms with Crippen molar-refractivity contribution in [3.8, 4) is 5.75 Å². The van der Waals surface area contributed by atoms with Gasteiger partial charge in [-0.3, -0.25) is 4.79 Å². The molecule has 0 saturated carbocycles. The molecule has 1 aliphatic heterocycles. The van der Waals surface area contributed by atoms with Crippen molar-refractivity contribution in [1.82, 2.24) is 10.2 Å². The highest BCUT2D eigenvalue weighted by atomic mass is 35.5. The van der Waals surface area contributed by atoms with E-state index in [9.17, 15) is 23.1 Å². The lowest BCUT2D eigenvalue weighted by Gasteiger charge is -2.28. The topological polar surface area (TPSA) is 61.8 Å². The van der Waals surface area contributed by atoms with Crippen LogP contribution in [0.3, 0.4) is 0 Å². The lowest BCUT2D eigenvalue weighted by molar-refractivity contribution is -0.139. The number of amides is 1. The molecule has 0 aromatic heterocycles. The summed E-state index contributed by atoms with van der Waals surface area (Å²) in [5.41, 5.74) is -0.891. The number of halogens is 4. The maximum Gasteiger partial charge on any atom is 0.419 e. The predicted octanol–water partition coefficient (Wildman–Crippen LogP) is 2.47. The lowest BCUT2D eigenvalue weighted by Crippen LogP contribution is -2.49. The van der Waals surface area contributed by atoms with Crippen molar-refractivity contribution >= 4 is 18.3 Å². The third-order valence-electron chi connectivity index (χ3n) is 4.09. The molecule has 2 N–H and O–H groups in total. The second-order valence-electron chi connectivity index (χ2n) is 6.18. The molecule has 1 aromatic carbocycles. The van der Waals surface area contributed by atoms with Crippen molar-refractivity contribution in [3.05, 3.63) is 29.8 Å². The lowest BCUT2D eigenvalue weighted by atomic mass is 10.0. The minimum Gasteiger partial charge on any atom is -0.490 e. The van der Waals surface area contributed by atoms with Crippen molar-refractivity contribution in [1.29, 1.82) is 0 Å². The van der Waals surface area contributed by atoms with Gasteiger partial charge in [0.05, 0.1) is 11.6 Å². The van der Waals surface area contributed by atoms with Gasteiger partial charge in [0.2, 0.25) is 5.91 Å². The molecule has 0 radical (unpaired) electrons. The smallest absolute Gasteiger partial charge is 0.419 e. The molecule has 1 amide bonds. The summed E-state index contributed by atoms with van der Waals surface area (Å²) in [5, 5.41) is 13.1. The number of carbonyl (C=O) groups excluding carboxylic acids is 1. The van der Waals surface area contributed by atoms with Gasteiger partial charge in [-0.2, -0.15) is 13.2 Å². The molecule has 1 aromatic rings. The number of likely N-dealkylation sites (N-methyl/N-ethyl adjacent to an activating group) is 1. The Labute approximate surface area is 156 Å². The van der Waals surface area contributed by atoms with Gasteiger partial charge in [0.15, 0.2) is 0 Å². The van der Waals surface area contributed by atoms with Crippen LogP contribution in [0.1, 0.15) is 24.8 Å². The number of nitrogens with one attached hydrogen (secondary N) is 1. The zero-order valence-electron chi connectivity index (χ0n) is 14.5. The van der Waals surface area contributed by atoms with Gasteiger partial charge in [-0.15, -0.1) is 12.4 Å². The number of carbonyl (C=O) groups is 1. The number of benzene rings is 1. The molecule has 1 aliphatic rings. The van der Waals surface area contributed by atoms with Gasteiger partial charge in [0, 0.05) is 13.6 Å². The Morgan fingerprint density at radius 3 is 2.69 bits per heavy atom. The van der Waals surface area contributed by atoms with E-state index in [1.54, 1.807) is 7.05 Å². The summed E-state index contributed by atoms with van der Waals surface area (Å²) < 4.78 is 43.8. The van der Waals surface area contributed by atoms with Gasteiger partial charge < -0.3 is 20.1 Å². The third kappa shape index (κ3) is 6.34. The molecule has 2 atom stereocenters. The van der Waals surface area contributed by atoms with Gasteiger partial charge in [-0.1, -0.05) is 18.6 Å². The fourth-order valence-electron chi connectivity index (χ4n) is 2.80. The first-order valence-corrected chi connectivity index (χ1v) is 8.24. The summed E-state index contributed by atoms with van der Waals surface area (Å²) >= 11 is 0. The van der Waals surface area contributed by atoms with Crippen LogP contribution in [0.15, 0.2) is 24.3 Å². The standard InChI is InChI=1S/C17H23F3N2O3.ClH/c1-22(16(24)14-7-4-5-9-21-14)10-12(23)11-25-15-8-3-2-6-13(15)17(18,19)20;/h2-3,6,8,12,14,21,23H,4-5,7,9-11H2,1H3;1H. The minimum atomic E-state index is -4.53. The van der Waals surface area contributed by atoms with Gasteiger partial charge >= 0.3 is 6.18 Å². The van der Waals surface area contributed by atoms with E-state index in [1.165, 1.54) is 23.1 Å². The van der Waals surface area contributed by atoms with E-state index in [0.717, 1.165) is 31.9 Å². The number of hydrogen-bond acceptors (Lipinski definition) is 4. The number of aliphatic hydroxyl groups is 1. The van der Waals surface area contributed by atoms with Crippen LogP contribution in [0, 0.1) is 0 Å². The monoisotopic (exact) mass is 396 g/mol. The van der Waals surface area contributed by atoms with E-state index in [1.807, 2.05) is 0 Å². The van der Waals surface area contributed by atoms with Gasteiger partial charge in [0.1, 0.15) is 18.5 Å². The van der Waals surface area contributed by atoms with Crippen molar-refractivity contribution < 1.29 is 27.8 Å². The van der Waals surface area contributed by atoms with E-state index in [4.69, 9.17) is 4.74 Å². The second kappa shape index (κ2) is 9.99. The van der Waals surface area contributed by atoms with Gasteiger partial charge in [0.25, 0.3) is 0 Å². The van der Waals surface area contributed by atoms with Crippen LogP contribution in [0.25, 0.3) is 0 Å². The molecule has 5 nitrogen and oxygen atoms in total. The zero-order chi connectivity index (χ0) is 18.4.